The molecule has 0 unspecified atom stereocenters. The second-order valence-electron chi connectivity index (χ2n) is 7.20. The van der Waals surface area contributed by atoms with E-state index in [0.717, 1.165) is 0 Å². The molecular weight excluding hydrogens is 450 g/mol. The van der Waals surface area contributed by atoms with Crippen LogP contribution in [0.4, 0.5) is 5.69 Å². The van der Waals surface area contributed by atoms with Crippen LogP contribution in [0.1, 0.15) is 34.9 Å². The fourth-order valence-electron chi connectivity index (χ4n) is 3.18. The van der Waals surface area contributed by atoms with Crippen LogP contribution in [-0.4, -0.2) is 33.9 Å². The summed E-state index contributed by atoms with van der Waals surface area (Å²) in [6.07, 6.45) is 0.156. The van der Waals surface area contributed by atoms with E-state index in [4.69, 9.17) is 20.9 Å². The van der Waals surface area contributed by atoms with E-state index in [-0.39, 0.29) is 49.6 Å². The molecule has 3 N–H and O–H groups in total. The fourth-order valence-corrected chi connectivity index (χ4v) is 3.37. The summed E-state index contributed by atoms with van der Waals surface area (Å²) in [4.78, 5) is 41.1. The Morgan fingerprint density at radius 3 is 2.79 bits per heavy atom. The molecule has 1 aliphatic heterocycles. The molecule has 0 saturated carbocycles. The van der Waals surface area contributed by atoms with Crippen molar-refractivity contribution in [3.05, 3.63) is 70.8 Å². The normalized spacial score (nSPS) is 15.1. The number of nitrogens with zero attached hydrogens (tertiary/aromatic N) is 2. The van der Waals surface area contributed by atoms with Crippen molar-refractivity contribution in [3.63, 3.8) is 0 Å². The number of halogens is 1. The van der Waals surface area contributed by atoms with E-state index >= 15 is 0 Å². The zero-order chi connectivity index (χ0) is 23.2. The monoisotopic (exact) mass is 469 g/mol. The Hall–Kier alpha value is -3.92. The van der Waals surface area contributed by atoms with Gasteiger partial charge in [0.1, 0.15) is 11.8 Å². The smallest absolute Gasteiger partial charge is 0.254 e. The number of hydrogen-bond acceptors (Lipinski definition) is 7. The second-order valence-corrected chi connectivity index (χ2v) is 7.61. The van der Waals surface area contributed by atoms with Gasteiger partial charge in [-0.1, -0.05) is 41.0 Å². The van der Waals surface area contributed by atoms with Gasteiger partial charge in [-0.05, 0) is 30.7 Å². The second kappa shape index (κ2) is 10.1. The van der Waals surface area contributed by atoms with Crippen LogP contribution in [-0.2, 0) is 22.7 Å². The molecule has 2 aromatic carbocycles. The molecule has 0 aliphatic carbocycles. The summed E-state index contributed by atoms with van der Waals surface area (Å²) in [5.41, 5.74) is 0.821. The molecular formula is C22H20ClN5O5. The van der Waals surface area contributed by atoms with Gasteiger partial charge in [-0.3, -0.25) is 14.4 Å². The van der Waals surface area contributed by atoms with E-state index in [1.165, 1.54) is 0 Å². The van der Waals surface area contributed by atoms with Crippen LogP contribution in [0.25, 0.3) is 0 Å². The predicted molar refractivity (Wildman–Crippen MR) is 117 cm³/mol. The highest BCUT2D eigenvalue weighted by molar-refractivity contribution is 6.32. The van der Waals surface area contributed by atoms with Crippen LogP contribution in [0, 0.1) is 0 Å². The average Bonchev–Trinajstić information content (AvgIpc) is 3.23. The number of rotatable bonds is 8. The lowest BCUT2D eigenvalue weighted by molar-refractivity contribution is -0.122. The Bertz CT molecular complexity index is 1180. The first-order chi connectivity index (χ1) is 16.0. The van der Waals surface area contributed by atoms with E-state index < -0.39 is 6.04 Å². The van der Waals surface area contributed by atoms with Gasteiger partial charge in [-0.25, -0.2) is 0 Å². The highest BCUT2D eigenvalue weighted by atomic mass is 35.5. The van der Waals surface area contributed by atoms with Crippen molar-refractivity contribution in [1.82, 2.24) is 20.8 Å². The largest absolute Gasteiger partial charge is 0.484 e. The standard InChI is InChI=1S/C22H20ClN5O5/c23-14-6-2-4-8-17(14)32-12-18-27-20(33-28-18)11-24-19(29)10-9-16-22(31)25-15-7-3-1-5-13(15)21(30)26-16/h1-8,16H,9-12H2,(H,24,29)(H,25,31)(H,26,30)/t16-/m0/s1. The lowest BCUT2D eigenvalue weighted by atomic mass is 10.1. The van der Waals surface area contributed by atoms with E-state index in [9.17, 15) is 14.4 Å². The molecule has 33 heavy (non-hydrogen) atoms. The molecule has 3 amide bonds. The van der Waals surface area contributed by atoms with Crippen LogP contribution in [0.15, 0.2) is 53.1 Å². The molecule has 3 aromatic rings. The van der Waals surface area contributed by atoms with Crippen LogP contribution < -0.4 is 20.7 Å². The number of amides is 3. The maximum absolute atomic E-state index is 12.4. The Kier molecular flexibility index (Phi) is 6.84. The number of nitrogens with one attached hydrogen (secondary N) is 3. The van der Waals surface area contributed by atoms with Crippen LogP contribution >= 0.6 is 11.6 Å². The van der Waals surface area contributed by atoms with Crippen molar-refractivity contribution >= 4 is 35.0 Å². The zero-order valence-corrected chi connectivity index (χ0v) is 18.1. The molecule has 170 valence electrons. The molecule has 0 fully saturated rings. The molecule has 0 radical (unpaired) electrons. The predicted octanol–water partition coefficient (Wildman–Crippen LogP) is 2.45. The van der Waals surface area contributed by atoms with Crippen molar-refractivity contribution in [2.24, 2.45) is 0 Å². The van der Waals surface area contributed by atoms with Crippen LogP contribution in [0.2, 0.25) is 5.02 Å². The molecule has 1 atom stereocenters. The summed E-state index contributed by atoms with van der Waals surface area (Å²) in [5.74, 6) is -0.0657. The van der Waals surface area contributed by atoms with E-state index in [1.807, 2.05) is 0 Å². The lowest BCUT2D eigenvalue weighted by Gasteiger charge is -2.14. The molecule has 0 spiro atoms. The minimum atomic E-state index is -0.826. The van der Waals surface area contributed by atoms with Gasteiger partial charge in [-0.15, -0.1) is 0 Å². The first kappa shape index (κ1) is 22.3. The van der Waals surface area contributed by atoms with Gasteiger partial charge in [-0.2, -0.15) is 4.98 Å². The number of carbonyl (C=O) groups is 3. The summed E-state index contributed by atoms with van der Waals surface area (Å²) in [5, 5.41) is 12.3. The molecule has 1 aromatic heterocycles. The number of carbonyl (C=O) groups excluding carboxylic acids is 3. The summed E-state index contributed by atoms with van der Waals surface area (Å²) < 4.78 is 10.6. The summed E-state index contributed by atoms with van der Waals surface area (Å²) in [6.45, 7) is 0.0760. The van der Waals surface area contributed by atoms with E-state index in [0.29, 0.717) is 27.8 Å². The van der Waals surface area contributed by atoms with Gasteiger partial charge < -0.3 is 25.2 Å². The third-order valence-corrected chi connectivity index (χ3v) is 5.16. The number of hydrogen-bond donors (Lipinski definition) is 3. The molecule has 2 heterocycles. The number of fused-ring (bicyclic) bond motifs is 1. The Morgan fingerprint density at radius 1 is 1.15 bits per heavy atom. The quantitative estimate of drug-likeness (QED) is 0.461. The number of anilines is 1. The lowest BCUT2D eigenvalue weighted by Crippen LogP contribution is -2.42. The molecule has 0 saturated heterocycles. The minimum absolute atomic E-state index is 0.0192. The first-order valence-corrected chi connectivity index (χ1v) is 10.5. The van der Waals surface area contributed by atoms with Crippen molar-refractivity contribution in [3.8, 4) is 5.75 Å². The van der Waals surface area contributed by atoms with Gasteiger partial charge in [0.15, 0.2) is 6.61 Å². The zero-order valence-electron chi connectivity index (χ0n) is 17.3. The third kappa shape index (κ3) is 5.66. The maximum Gasteiger partial charge on any atom is 0.254 e. The van der Waals surface area contributed by atoms with Gasteiger partial charge in [0.05, 0.1) is 22.8 Å². The number of benzene rings is 2. The summed E-state index contributed by atoms with van der Waals surface area (Å²) in [7, 11) is 0. The van der Waals surface area contributed by atoms with Gasteiger partial charge in [0, 0.05) is 6.42 Å². The summed E-state index contributed by atoms with van der Waals surface area (Å²) >= 11 is 6.03. The topological polar surface area (TPSA) is 135 Å². The van der Waals surface area contributed by atoms with Crippen molar-refractivity contribution in [2.75, 3.05) is 5.32 Å². The summed E-state index contributed by atoms with van der Waals surface area (Å²) in [6, 6.07) is 12.9. The first-order valence-electron chi connectivity index (χ1n) is 10.2. The SMILES string of the molecule is O=C(CC[C@@H]1NC(=O)c2ccccc2NC1=O)NCc1nc(COc2ccccc2Cl)no1. The van der Waals surface area contributed by atoms with Crippen molar-refractivity contribution in [1.29, 1.82) is 0 Å². The number of para-hydroxylation sites is 2. The molecule has 1 aliphatic rings. The molecule has 0 bridgehead atoms. The van der Waals surface area contributed by atoms with Crippen LogP contribution in [0.3, 0.4) is 0 Å². The van der Waals surface area contributed by atoms with Gasteiger partial charge in [0.25, 0.3) is 5.91 Å². The van der Waals surface area contributed by atoms with E-state index in [1.54, 1.807) is 48.5 Å². The Morgan fingerprint density at radius 2 is 1.94 bits per heavy atom. The fraction of sp³-hybridized carbons (Fsp3) is 0.227. The maximum atomic E-state index is 12.4. The van der Waals surface area contributed by atoms with Gasteiger partial charge in [0.2, 0.25) is 23.5 Å². The van der Waals surface area contributed by atoms with Gasteiger partial charge >= 0.3 is 0 Å². The molecule has 11 heteroatoms. The average molecular weight is 470 g/mol. The van der Waals surface area contributed by atoms with E-state index in [2.05, 4.69) is 26.1 Å². The highest BCUT2D eigenvalue weighted by Crippen LogP contribution is 2.23. The van der Waals surface area contributed by atoms with Crippen LogP contribution in [0.5, 0.6) is 5.75 Å². The highest BCUT2D eigenvalue weighted by Gasteiger charge is 2.27. The third-order valence-electron chi connectivity index (χ3n) is 4.85. The Labute approximate surface area is 193 Å². The van der Waals surface area contributed by atoms with Crippen molar-refractivity contribution in [2.45, 2.75) is 32.0 Å². The minimum Gasteiger partial charge on any atom is -0.484 e. The molecule has 10 nitrogen and oxygen atoms in total. The molecule has 4 rings (SSSR count). The van der Waals surface area contributed by atoms with Crippen molar-refractivity contribution < 1.29 is 23.6 Å². The number of aromatic nitrogens is 2. The Balaban J connectivity index is 1.23. The number of ether oxygens (including phenoxy) is 1.